The lowest BCUT2D eigenvalue weighted by atomic mass is 9.93. The molecule has 0 saturated heterocycles. The van der Waals surface area contributed by atoms with Crippen LogP contribution >= 0.6 is 31.9 Å². The highest BCUT2D eigenvalue weighted by atomic mass is 79.9. The number of ether oxygens (including phenoxy) is 1. The van der Waals surface area contributed by atoms with Crippen LogP contribution in [0.2, 0.25) is 0 Å². The summed E-state index contributed by atoms with van der Waals surface area (Å²) in [6.07, 6.45) is 0.800. The molecule has 0 bridgehead atoms. The van der Waals surface area contributed by atoms with E-state index in [9.17, 15) is 0 Å². The lowest BCUT2D eigenvalue weighted by Gasteiger charge is -2.31. The van der Waals surface area contributed by atoms with Gasteiger partial charge in [0.25, 0.3) is 0 Å². The Balaban J connectivity index is 1.94. The second-order valence-electron chi connectivity index (χ2n) is 5.16. The number of nitrogens with two attached hydrogens (primary N) is 1. The Morgan fingerprint density at radius 2 is 1.90 bits per heavy atom. The van der Waals surface area contributed by atoms with Crippen LogP contribution in [-0.2, 0) is 0 Å². The summed E-state index contributed by atoms with van der Waals surface area (Å²) in [5.41, 5.74) is 9.77. The third kappa shape index (κ3) is 2.65. The molecule has 1 heterocycles. The highest BCUT2D eigenvalue weighted by Crippen LogP contribution is 2.41. The van der Waals surface area contributed by atoms with Crippen molar-refractivity contribution in [2.24, 2.45) is 5.73 Å². The van der Waals surface area contributed by atoms with E-state index in [4.69, 9.17) is 10.5 Å². The van der Waals surface area contributed by atoms with Crippen LogP contribution in [0.1, 0.15) is 35.3 Å². The van der Waals surface area contributed by atoms with E-state index < -0.39 is 0 Å². The van der Waals surface area contributed by atoms with E-state index in [2.05, 4.69) is 63.0 Å². The maximum atomic E-state index is 6.31. The van der Waals surface area contributed by atoms with E-state index in [1.165, 1.54) is 5.56 Å². The summed E-state index contributed by atoms with van der Waals surface area (Å²) in [6, 6.07) is 12.4. The monoisotopic (exact) mass is 395 g/mol. The lowest BCUT2D eigenvalue weighted by molar-refractivity contribution is 0.161. The van der Waals surface area contributed by atoms with Crippen molar-refractivity contribution in [2.75, 3.05) is 0 Å². The summed E-state index contributed by atoms with van der Waals surface area (Å²) in [6.45, 7) is 2.07. The van der Waals surface area contributed by atoms with Gasteiger partial charge in [-0.15, -0.1) is 0 Å². The molecule has 104 valence electrons. The molecule has 4 heteroatoms. The second kappa shape index (κ2) is 5.51. The maximum Gasteiger partial charge on any atom is 0.126 e. The van der Waals surface area contributed by atoms with Gasteiger partial charge in [-0.2, -0.15) is 0 Å². The molecular weight excluding hydrogens is 382 g/mol. The zero-order valence-electron chi connectivity index (χ0n) is 11.1. The zero-order valence-corrected chi connectivity index (χ0v) is 14.2. The minimum Gasteiger partial charge on any atom is -0.485 e. The smallest absolute Gasteiger partial charge is 0.126 e. The van der Waals surface area contributed by atoms with Crippen molar-refractivity contribution in [2.45, 2.75) is 25.5 Å². The predicted octanol–water partition coefficient (Wildman–Crippen LogP) is 5.04. The number of aryl methyl sites for hydroxylation is 1. The highest BCUT2D eigenvalue weighted by molar-refractivity contribution is 9.13. The summed E-state index contributed by atoms with van der Waals surface area (Å²) in [7, 11) is 0. The molecule has 3 rings (SSSR count). The summed E-state index contributed by atoms with van der Waals surface area (Å²) < 4.78 is 8.19. The normalized spacial score (nSPS) is 21.2. The van der Waals surface area contributed by atoms with Crippen molar-refractivity contribution in [3.8, 4) is 5.75 Å². The Morgan fingerprint density at radius 3 is 2.65 bits per heavy atom. The number of fused-ring (bicyclic) bond motifs is 1. The molecule has 0 spiro atoms. The van der Waals surface area contributed by atoms with Gasteiger partial charge in [0.1, 0.15) is 11.9 Å². The Labute approximate surface area is 135 Å². The fraction of sp³-hybridized carbons (Fsp3) is 0.250. The minimum atomic E-state index is 0.00426. The van der Waals surface area contributed by atoms with Gasteiger partial charge in [0.2, 0.25) is 0 Å². The van der Waals surface area contributed by atoms with Crippen LogP contribution in [0, 0.1) is 6.92 Å². The maximum absolute atomic E-state index is 6.31. The third-order valence-electron chi connectivity index (χ3n) is 3.62. The highest BCUT2D eigenvalue weighted by Gasteiger charge is 2.27. The Kier molecular flexibility index (Phi) is 3.89. The Hall–Kier alpha value is -0.840. The van der Waals surface area contributed by atoms with Gasteiger partial charge in [-0.05, 0) is 62.5 Å². The quantitative estimate of drug-likeness (QED) is 0.732. The van der Waals surface area contributed by atoms with E-state index in [1.54, 1.807) is 0 Å². The van der Waals surface area contributed by atoms with Crippen LogP contribution in [0.5, 0.6) is 5.75 Å². The first-order chi connectivity index (χ1) is 9.54. The Morgan fingerprint density at radius 1 is 1.10 bits per heavy atom. The third-order valence-corrected chi connectivity index (χ3v) is 5.50. The summed E-state index contributed by atoms with van der Waals surface area (Å²) in [5, 5.41) is 0. The molecular formula is C16H15Br2NO. The van der Waals surface area contributed by atoms with E-state index in [1.807, 2.05) is 12.1 Å². The molecule has 2 nitrogen and oxygen atoms in total. The predicted molar refractivity (Wildman–Crippen MR) is 87.9 cm³/mol. The van der Waals surface area contributed by atoms with Gasteiger partial charge in [0.05, 0.1) is 0 Å². The van der Waals surface area contributed by atoms with Crippen molar-refractivity contribution >= 4 is 31.9 Å². The zero-order chi connectivity index (χ0) is 14.3. The van der Waals surface area contributed by atoms with Crippen molar-refractivity contribution in [3.05, 3.63) is 62.0 Å². The number of hydrogen-bond acceptors (Lipinski definition) is 2. The summed E-state index contributed by atoms with van der Waals surface area (Å²) in [4.78, 5) is 0. The van der Waals surface area contributed by atoms with Crippen LogP contribution < -0.4 is 10.5 Å². The number of benzene rings is 2. The topological polar surface area (TPSA) is 35.2 Å². The molecule has 1 aliphatic heterocycles. The molecule has 0 amide bonds. The molecule has 20 heavy (non-hydrogen) atoms. The van der Waals surface area contributed by atoms with Crippen LogP contribution in [-0.4, -0.2) is 0 Å². The SMILES string of the molecule is Cc1ccc2c(c1)[C@H](N)CC(c1ccc(Br)c(Br)c1)O2. The van der Waals surface area contributed by atoms with Gasteiger partial charge < -0.3 is 10.5 Å². The molecule has 1 aliphatic rings. The van der Waals surface area contributed by atoms with E-state index in [0.717, 1.165) is 32.2 Å². The van der Waals surface area contributed by atoms with E-state index in [0.29, 0.717) is 0 Å². The average Bonchev–Trinajstić information content (AvgIpc) is 2.42. The fourth-order valence-corrected chi connectivity index (χ4v) is 3.18. The van der Waals surface area contributed by atoms with Crippen molar-refractivity contribution in [1.82, 2.24) is 0 Å². The summed E-state index contributed by atoms with van der Waals surface area (Å²) >= 11 is 7.02. The van der Waals surface area contributed by atoms with Gasteiger partial charge in [-0.3, -0.25) is 0 Å². The van der Waals surface area contributed by atoms with Gasteiger partial charge in [-0.25, -0.2) is 0 Å². The molecule has 1 unspecified atom stereocenters. The van der Waals surface area contributed by atoms with Gasteiger partial charge >= 0.3 is 0 Å². The minimum absolute atomic E-state index is 0.00426. The number of hydrogen-bond donors (Lipinski definition) is 1. The van der Waals surface area contributed by atoms with Gasteiger partial charge in [-0.1, -0.05) is 23.8 Å². The average molecular weight is 397 g/mol. The second-order valence-corrected chi connectivity index (χ2v) is 6.87. The van der Waals surface area contributed by atoms with Gasteiger partial charge in [0.15, 0.2) is 0 Å². The number of halogens is 2. The first-order valence-electron chi connectivity index (χ1n) is 6.52. The van der Waals surface area contributed by atoms with E-state index >= 15 is 0 Å². The molecule has 2 atom stereocenters. The largest absolute Gasteiger partial charge is 0.485 e. The molecule has 2 aromatic rings. The van der Waals surface area contributed by atoms with Gasteiger partial charge in [0, 0.05) is 27.0 Å². The molecule has 0 aliphatic carbocycles. The van der Waals surface area contributed by atoms with Crippen molar-refractivity contribution in [1.29, 1.82) is 0 Å². The van der Waals surface area contributed by atoms with Crippen molar-refractivity contribution in [3.63, 3.8) is 0 Å². The molecule has 2 N–H and O–H groups in total. The Bertz CT molecular complexity index is 657. The molecule has 0 saturated carbocycles. The van der Waals surface area contributed by atoms with Crippen molar-refractivity contribution < 1.29 is 4.74 Å². The molecule has 0 radical (unpaired) electrons. The van der Waals surface area contributed by atoms with E-state index in [-0.39, 0.29) is 12.1 Å². The van der Waals surface area contributed by atoms with Crippen LogP contribution in [0.25, 0.3) is 0 Å². The molecule has 0 fully saturated rings. The fourth-order valence-electron chi connectivity index (χ4n) is 2.54. The first kappa shape index (κ1) is 14.1. The van der Waals surface area contributed by atoms with Crippen LogP contribution in [0.3, 0.4) is 0 Å². The molecule has 0 aromatic heterocycles. The standard InChI is InChI=1S/C16H15Br2NO/c1-9-2-5-15-11(6-9)14(19)8-16(20-15)10-3-4-12(17)13(18)7-10/h2-7,14,16H,8,19H2,1H3/t14-,16?/m1/s1. The lowest BCUT2D eigenvalue weighted by Crippen LogP contribution is -2.24. The summed E-state index contributed by atoms with van der Waals surface area (Å²) in [5.74, 6) is 0.901. The molecule has 2 aromatic carbocycles. The van der Waals surface area contributed by atoms with Crippen LogP contribution in [0.4, 0.5) is 0 Å². The number of rotatable bonds is 1. The first-order valence-corrected chi connectivity index (χ1v) is 8.11. The van der Waals surface area contributed by atoms with Crippen LogP contribution in [0.15, 0.2) is 45.3 Å².